The molecule has 0 saturated heterocycles. The first-order valence-corrected chi connectivity index (χ1v) is 25.0. The Bertz CT molecular complexity index is 3760. The Balaban J connectivity index is 1.24. The van der Waals surface area contributed by atoms with Crippen LogP contribution in [0.2, 0.25) is 0 Å². The van der Waals surface area contributed by atoms with E-state index in [0.29, 0.717) is 0 Å². The van der Waals surface area contributed by atoms with Gasteiger partial charge >= 0.3 is 6.85 Å². The van der Waals surface area contributed by atoms with Crippen LogP contribution in [0.15, 0.2) is 160 Å². The first-order chi connectivity index (χ1) is 33.0. The highest BCUT2D eigenvalue weighted by Crippen LogP contribution is 2.56. The highest BCUT2D eigenvalue weighted by molar-refractivity contribution is 6.94. The number of rotatable bonds is 3. The normalized spacial score (nSPS) is 16.0. The number of benzene rings is 8. The van der Waals surface area contributed by atoms with Crippen LogP contribution < -0.4 is 20.6 Å². The summed E-state index contributed by atoms with van der Waals surface area (Å²) >= 11 is 0. The van der Waals surface area contributed by atoms with Crippen molar-refractivity contribution < 1.29 is 8.83 Å². The minimum atomic E-state index is -0.240. The van der Waals surface area contributed by atoms with Crippen LogP contribution in [0.4, 0.5) is 28.4 Å². The highest BCUT2D eigenvalue weighted by atomic mass is 16.3. The topological polar surface area (TPSA) is 32.8 Å². The molecular weight excluding hydrogens is 840 g/mol. The SMILES string of the molecule is CC(C)(C)c1ccc(N2B3c4ccc5c(oc6ccccc65)c4N(c4ccc(C(C)(C)C)cc4-c4ccccc4)c4cc5c(oc6ccccc65)c(c43)-c3cc4c(cc32)C(C)(C)CCC4(C)C)cc1. The van der Waals surface area contributed by atoms with E-state index in [1.54, 1.807) is 0 Å². The molecule has 1 aliphatic carbocycles. The van der Waals surface area contributed by atoms with Gasteiger partial charge in [-0.3, -0.25) is 0 Å². The van der Waals surface area contributed by atoms with Crippen molar-refractivity contribution in [3.63, 3.8) is 0 Å². The van der Waals surface area contributed by atoms with E-state index in [2.05, 4.69) is 231 Å². The third-order valence-electron chi connectivity index (χ3n) is 16.2. The van der Waals surface area contributed by atoms with Gasteiger partial charge in [0.05, 0.1) is 11.4 Å². The molecule has 0 fully saturated rings. The fourth-order valence-corrected chi connectivity index (χ4v) is 12.2. The number of hydrogen-bond acceptors (Lipinski definition) is 4. The van der Waals surface area contributed by atoms with Crippen LogP contribution in [0, 0.1) is 0 Å². The lowest BCUT2D eigenvalue weighted by Gasteiger charge is -2.48. The fourth-order valence-electron chi connectivity index (χ4n) is 12.2. The average Bonchev–Trinajstić information content (AvgIpc) is 3.91. The Kier molecular flexibility index (Phi) is 8.73. The van der Waals surface area contributed by atoms with Gasteiger partial charge in [-0.25, -0.2) is 0 Å². The number of para-hydroxylation sites is 2. The molecule has 13 rings (SSSR count). The van der Waals surface area contributed by atoms with Crippen LogP contribution in [0.3, 0.4) is 0 Å². The van der Waals surface area contributed by atoms with E-state index in [1.165, 1.54) is 61.1 Å². The molecular formula is C64H59BN2O2. The molecule has 2 aromatic heterocycles. The largest absolute Gasteiger partial charge is 0.455 e. The van der Waals surface area contributed by atoms with Crippen LogP contribution >= 0.6 is 0 Å². The van der Waals surface area contributed by atoms with Crippen LogP contribution in [0.25, 0.3) is 66.1 Å². The maximum absolute atomic E-state index is 7.24. The summed E-state index contributed by atoms with van der Waals surface area (Å²) < 4.78 is 14.5. The van der Waals surface area contributed by atoms with Gasteiger partial charge in [-0.05, 0) is 128 Å². The van der Waals surface area contributed by atoms with E-state index < -0.39 is 0 Å². The predicted octanol–water partition coefficient (Wildman–Crippen LogP) is 16.8. The van der Waals surface area contributed by atoms with Crippen molar-refractivity contribution in [1.82, 2.24) is 0 Å². The third-order valence-corrected chi connectivity index (χ3v) is 16.2. The monoisotopic (exact) mass is 898 g/mol. The molecule has 340 valence electrons. The summed E-state index contributed by atoms with van der Waals surface area (Å²) in [5.74, 6) is 0. The van der Waals surface area contributed by atoms with Crippen molar-refractivity contribution in [2.45, 2.75) is 104 Å². The Labute approximate surface area is 406 Å². The molecule has 2 aliphatic heterocycles. The van der Waals surface area contributed by atoms with Crippen molar-refractivity contribution in [3.8, 4) is 22.3 Å². The first kappa shape index (κ1) is 42.2. The summed E-state index contributed by atoms with van der Waals surface area (Å²) in [5.41, 5.74) is 21.8. The van der Waals surface area contributed by atoms with Gasteiger partial charge in [-0.2, -0.15) is 0 Å². The van der Waals surface area contributed by atoms with E-state index in [9.17, 15) is 0 Å². The van der Waals surface area contributed by atoms with E-state index in [-0.39, 0.29) is 28.5 Å². The number of fused-ring (bicyclic) bond motifs is 13. The zero-order valence-corrected chi connectivity index (χ0v) is 41.6. The van der Waals surface area contributed by atoms with Crippen molar-refractivity contribution in [3.05, 3.63) is 174 Å². The molecule has 10 aromatic rings. The van der Waals surface area contributed by atoms with E-state index in [4.69, 9.17) is 8.83 Å². The average molecular weight is 899 g/mol. The second kappa shape index (κ2) is 14.3. The molecule has 0 N–H and O–H groups in total. The van der Waals surface area contributed by atoms with Gasteiger partial charge in [0.2, 0.25) is 0 Å². The van der Waals surface area contributed by atoms with Crippen LogP contribution in [0.1, 0.15) is 104 Å². The molecule has 0 saturated carbocycles. The number of nitrogens with zero attached hydrogens (tertiary/aromatic N) is 2. The molecule has 8 aromatic carbocycles. The van der Waals surface area contributed by atoms with Crippen LogP contribution in [-0.2, 0) is 21.7 Å². The maximum Gasteiger partial charge on any atom is 0.333 e. The van der Waals surface area contributed by atoms with Crippen molar-refractivity contribution in [2.24, 2.45) is 0 Å². The quantitative estimate of drug-likeness (QED) is 0.165. The van der Waals surface area contributed by atoms with E-state index >= 15 is 0 Å². The van der Waals surface area contributed by atoms with Gasteiger partial charge in [-0.1, -0.05) is 166 Å². The molecule has 0 spiro atoms. The maximum atomic E-state index is 7.24. The molecule has 0 bridgehead atoms. The summed E-state index contributed by atoms with van der Waals surface area (Å²) in [7, 11) is 0. The van der Waals surface area contributed by atoms with Crippen molar-refractivity contribution >= 4 is 90.1 Å². The zero-order valence-electron chi connectivity index (χ0n) is 41.6. The fraction of sp³-hybridized carbons (Fsp3) is 0.250. The van der Waals surface area contributed by atoms with Gasteiger partial charge in [0.1, 0.15) is 16.7 Å². The summed E-state index contributed by atoms with van der Waals surface area (Å²) in [5, 5.41) is 4.45. The summed E-state index contributed by atoms with van der Waals surface area (Å²) in [4.78, 5) is 5.24. The minimum Gasteiger partial charge on any atom is -0.455 e. The molecule has 4 heterocycles. The van der Waals surface area contributed by atoms with Crippen LogP contribution in [0.5, 0.6) is 0 Å². The second-order valence-corrected chi connectivity index (χ2v) is 23.6. The molecule has 3 aliphatic rings. The first-order valence-electron chi connectivity index (χ1n) is 25.0. The third kappa shape index (κ3) is 6.14. The van der Waals surface area contributed by atoms with Crippen molar-refractivity contribution in [2.75, 3.05) is 9.71 Å². The lowest BCUT2D eigenvalue weighted by molar-refractivity contribution is 0.332. The summed E-state index contributed by atoms with van der Waals surface area (Å²) in [6.07, 6.45) is 2.25. The number of hydrogen-bond donors (Lipinski definition) is 0. The molecule has 0 radical (unpaired) electrons. The highest BCUT2D eigenvalue weighted by Gasteiger charge is 2.49. The Morgan fingerprint density at radius 2 is 1.09 bits per heavy atom. The van der Waals surface area contributed by atoms with Crippen LogP contribution in [-0.4, -0.2) is 6.85 Å². The standard InChI is InChI=1S/C64H59BN2O2/c1-61(2,3)39-24-27-41(28-25-39)67-52-37-49-48(63(7,8)32-33-64(49,9)10)35-47(52)56-57-53(36-46-43-21-15-17-23-55(43)68-59(46)56)66(51-31-26-40(62(4,5)6)34-45(51)38-18-12-11-13-19-38)58-50(65(57)67)30-29-44-42-20-14-16-22-54(42)69-60(44)58/h11-31,34-37H,32-33H2,1-10H3. The van der Waals surface area contributed by atoms with Gasteiger partial charge in [0.15, 0.2) is 5.58 Å². The smallest absolute Gasteiger partial charge is 0.333 e. The van der Waals surface area contributed by atoms with Crippen molar-refractivity contribution in [1.29, 1.82) is 0 Å². The molecule has 5 heteroatoms. The van der Waals surface area contributed by atoms with Gasteiger partial charge in [0, 0.05) is 55.3 Å². The molecule has 0 amide bonds. The summed E-state index contributed by atoms with van der Waals surface area (Å²) in [6, 6.07) is 57.0. The summed E-state index contributed by atoms with van der Waals surface area (Å²) in [6.45, 7) is 23.4. The molecule has 69 heavy (non-hydrogen) atoms. The molecule has 4 nitrogen and oxygen atoms in total. The Hall–Kier alpha value is -6.98. The second-order valence-electron chi connectivity index (χ2n) is 23.6. The van der Waals surface area contributed by atoms with Gasteiger partial charge in [-0.15, -0.1) is 0 Å². The molecule has 0 unspecified atom stereocenters. The lowest BCUT2D eigenvalue weighted by Crippen LogP contribution is -2.61. The van der Waals surface area contributed by atoms with E-state index in [0.717, 1.165) is 79.5 Å². The van der Waals surface area contributed by atoms with Gasteiger partial charge in [0.25, 0.3) is 0 Å². The Morgan fingerprint density at radius 1 is 0.493 bits per heavy atom. The Morgan fingerprint density at radius 3 is 1.75 bits per heavy atom. The molecule has 0 atom stereocenters. The minimum absolute atomic E-state index is 0.00349. The number of furan rings is 2. The van der Waals surface area contributed by atoms with E-state index in [1.807, 2.05) is 0 Å². The number of anilines is 5. The predicted molar refractivity (Wildman–Crippen MR) is 293 cm³/mol. The van der Waals surface area contributed by atoms with Gasteiger partial charge < -0.3 is 18.5 Å². The zero-order chi connectivity index (χ0) is 47.5. The lowest BCUT2D eigenvalue weighted by atomic mass is 9.43.